The number of hydrogen-bond donors (Lipinski definition) is 2. The van der Waals surface area contributed by atoms with Crippen molar-refractivity contribution < 1.29 is 14.6 Å². The summed E-state index contributed by atoms with van der Waals surface area (Å²) in [6.07, 6.45) is 3.97. The predicted molar refractivity (Wildman–Crippen MR) is 86.8 cm³/mol. The number of aromatic hydroxyl groups is 1. The van der Waals surface area contributed by atoms with Gasteiger partial charge in [-0.15, -0.1) is 0 Å². The minimum atomic E-state index is -0.130. The van der Waals surface area contributed by atoms with Gasteiger partial charge in [-0.25, -0.2) is 0 Å². The van der Waals surface area contributed by atoms with Crippen LogP contribution >= 0.6 is 0 Å². The van der Waals surface area contributed by atoms with Gasteiger partial charge in [0, 0.05) is 12.6 Å². The molecule has 0 saturated carbocycles. The molecular weight excluding hydrogens is 278 g/mol. The first kappa shape index (κ1) is 15.6. The third-order valence-corrected chi connectivity index (χ3v) is 3.18. The van der Waals surface area contributed by atoms with Gasteiger partial charge in [0.2, 0.25) is 5.91 Å². The summed E-state index contributed by atoms with van der Waals surface area (Å²) in [6.45, 7) is 0.520. The molecule has 2 aromatic carbocycles. The lowest BCUT2D eigenvalue weighted by molar-refractivity contribution is -0.116. The first-order chi connectivity index (χ1) is 10.7. The van der Waals surface area contributed by atoms with E-state index in [4.69, 9.17) is 4.74 Å². The third kappa shape index (κ3) is 4.66. The number of hydrogen-bond acceptors (Lipinski definition) is 3. The Labute approximate surface area is 130 Å². The number of ether oxygens (including phenoxy) is 1. The number of amides is 1. The van der Waals surface area contributed by atoms with Crippen LogP contribution in [-0.2, 0) is 11.2 Å². The molecule has 0 aliphatic rings. The molecule has 0 aliphatic carbocycles. The van der Waals surface area contributed by atoms with Crippen LogP contribution in [0.2, 0.25) is 0 Å². The average Bonchev–Trinajstić information content (AvgIpc) is 2.55. The normalized spacial score (nSPS) is 10.6. The smallest absolute Gasteiger partial charge is 0.244 e. The molecule has 0 bridgehead atoms. The first-order valence-corrected chi connectivity index (χ1v) is 7.06. The number of benzene rings is 2. The Kier molecular flexibility index (Phi) is 5.60. The summed E-state index contributed by atoms with van der Waals surface area (Å²) in [5, 5.41) is 12.3. The highest BCUT2D eigenvalue weighted by Gasteiger charge is 2.03. The lowest BCUT2D eigenvalue weighted by atomic mass is 10.1. The van der Waals surface area contributed by atoms with E-state index >= 15 is 0 Å². The molecule has 4 nitrogen and oxygen atoms in total. The second kappa shape index (κ2) is 7.88. The zero-order valence-electron chi connectivity index (χ0n) is 12.5. The van der Waals surface area contributed by atoms with Crippen LogP contribution in [0.15, 0.2) is 54.6 Å². The van der Waals surface area contributed by atoms with Crippen LogP contribution in [0.3, 0.4) is 0 Å². The molecule has 0 atom stereocenters. The maximum absolute atomic E-state index is 11.7. The topological polar surface area (TPSA) is 58.6 Å². The fourth-order valence-electron chi connectivity index (χ4n) is 2.00. The number of carbonyl (C=O) groups excluding carboxylic acids is 1. The largest absolute Gasteiger partial charge is 0.504 e. The number of methoxy groups -OCH3 is 1. The van der Waals surface area contributed by atoms with Crippen LogP contribution < -0.4 is 10.1 Å². The van der Waals surface area contributed by atoms with Crippen LogP contribution in [0.5, 0.6) is 11.5 Å². The van der Waals surface area contributed by atoms with Gasteiger partial charge in [-0.1, -0.05) is 36.4 Å². The SMILES string of the molecule is COc1cc(CCNC(=O)C=Cc2ccccc2)ccc1O. The van der Waals surface area contributed by atoms with Crippen molar-refractivity contribution in [3.05, 3.63) is 65.7 Å². The maximum atomic E-state index is 11.7. The molecule has 0 radical (unpaired) electrons. The van der Waals surface area contributed by atoms with E-state index in [-0.39, 0.29) is 11.7 Å². The van der Waals surface area contributed by atoms with E-state index in [1.807, 2.05) is 36.4 Å². The van der Waals surface area contributed by atoms with Gasteiger partial charge in [-0.05, 0) is 35.8 Å². The van der Waals surface area contributed by atoms with Crippen molar-refractivity contribution in [1.29, 1.82) is 0 Å². The van der Waals surface area contributed by atoms with Crippen LogP contribution in [0, 0.1) is 0 Å². The van der Waals surface area contributed by atoms with Crippen LogP contribution in [0.4, 0.5) is 0 Å². The Hall–Kier alpha value is -2.75. The summed E-state index contributed by atoms with van der Waals surface area (Å²) in [4.78, 5) is 11.7. The molecule has 0 unspecified atom stereocenters. The van der Waals surface area contributed by atoms with E-state index in [1.165, 1.54) is 13.2 Å². The first-order valence-electron chi connectivity index (χ1n) is 7.06. The van der Waals surface area contributed by atoms with Crippen molar-refractivity contribution in [3.8, 4) is 11.5 Å². The van der Waals surface area contributed by atoms with E-state index in [9.17, 15) is 9.90 Å². The molecule has 4 heteroatoms. The molecule has 0 spiro atoms. The summed E-state index contributed by atoms with van der Waals surface area (Å²) < 4.78 is 5.05. The van der Waals surface area contributed by atoms with E-state index < -0.39 is 0 Å². The van der Waals surface area contributed by atoms with Gasteiger partial charge in [0.05, 0.1) is 7.11 Å². The molecule has 0 heterocycles. The molecule has 22 heavy (non-hydrogen) atoms. The van der Waals surface area contributed by atoms with Crippen LogP contribution in [-0.4, -0.2) is 24.7 Å². The summed E-state index contributed by atoms with van der Waals surface area (Å²) >= 11 is 0. The fraction of sp³-hybridized carbons (Fsp3) is 0.167. The number of nitrogens with one attached hydrogen (secondary N) is 1. The van der Waals surface area contributed by atoms with Crippen molar-refractivity contribution >= 4 is 12.0 Å². The third-order valence-electron chi connectivity index (χ3n) is 3.18. The molecule has 0 fully saturated rings. The van der Waals surface area contributed by atoms with E-state index in [0.717, 1.165) is 11.1 Å². The van der Waals surface area contributed by atoms with Crippen molar-refractivity contribution in [2.45, 2.75) is 6.42 Å². The average molecular weight is 297 g/mol. The Balaban J connectivity index is 1.81. The van der Waals surface area contributed by atoms with Gasteiger partial charge >= 0.3 is 0 Å². The number of phenols is 1. The highest BCUT2D eigenvalue weighted by atomic mass is 16.5. The molecule has 2 rings (SSSR count). The highest BCUT2D eigenvalue weighted by molar-refractivity contribution is 5.91. The van der Waals surface area contributed by atoms with Gasteiger partial charge in [0.15, 0.2) is 11.5 Å². The lowest BCUT2D eigenvalue weighted by Crippen LogP contribution is -2.23. The van der Waals surface area contributed by atoms with E-state index in [1.54, 1.807) is 18.2 Å². The van der Waals surface area contributed by atoms with Gasteiger partial charge < -0.3 is 15.2 Å². The molecule has 1 amide bonds. The molecular formula is C18H19NO3. The minimum absolute atomic E-state index is 0.112. The summed E-state index contributed by atoms with van der Waals surface area (Å²) in [5.74, 6) is 0.420. The summed E-state index contributed by atoms with van der Waals surface area (Å²) in [7, 11) is 1.51. The van der Waals surface area contributed by atoms with Gasteiger partial charge in [0.1, 0.15) is 0 Å². The van der Waals surface area contributed by atoms with Crippen molar-refractivity contribution in [1.82, 2.24) is 5.32 Å². The number of rotatable bonds is 6. The van der Waals surface area contributed by atoms with Crippen molar-refractivity contribution in [2.75, 3.05) is 13.7 Å². The Morgan fingerprint density at radius 3 is 2.73 bits per heavy atom. The monoisotopic (exact) mass is 297 g/mol. The maximum Gasteiger partial charge on any atom is 0.244 e. The number of phenolic OH excluding ortho intramolecular Hbond substituents is 1. The Morgan fingerprint density at radius 1 is 1.23 bits per heavy atom. The second-order valence-corrected chi connectivity index (χ2v) is 4.79. The molecule has 114 valence electrons. The van der Waals surface area contributed by atoms with Crippen LogP contribution in [0.25, 0.3) is 6.08 Å². The summed E-state index contributed by atoms with van der Waals surface area (Å²) in [6, 6.07) is 14.8. The quantitative estimate of drug-likeness (QED) is 0.806. The standard InChI is InChI=1S/C18H19NO3/c1-22-17-13-15(7-9-16(17)20)11-12-19-18(21)10-8-14-5-3-2-4-6-14/h2-10,13,20H,11-12H2,1H3,(H,19,21). The number of carbonyl (C=O) groups is 1. The summed E-state index contributed by atoms with van der Waals surface area (Å²) in [5.41, 5.74) is 1.97. The van der Waals surface area contributed by atoms with Gasteiger partial charge in [0.25, 0.3) is 0 Å². The molecule has 0 aromatic heterocycles. The lowest BCUT2D eigenvalue weighted by Gasteiger charge is -2.07. The zero-order valence-corrected chi connectivity index (χ0v) is 12.5. The minimum Gasteiger partial charge on any atom is -0.504 e. The Morgan fingerprint density at radius 2 is 2.00 bits per heavy atom. The molecule has 2 N–H and O–H groups in total. The van der Waals surface area contributed by atoms with Crippen molar-refractivity contribution in [3.63, 3.8) is 0 Å². The van der Waals surface area contributed by atoms with Crippen molar-refractivity contribution in [2.24, 2.45) is 0 Å². The molecule has 0 saturated heterocycles. The van der Waals surface area contributed by atoms with E-state index in [2.05, 4.69) is 5.32 Å². The molecule has 0 aliphatic heterocycles. The fourth-order valence-corrected chi connectivity index (χ4v) is 2.00. The second-order valence-electron chi connectivity index (χ2n) is 4.79. The van der Waals surface area contributed by atoms with E-state index in [0.29, 0.717) is 18.7 Å². The zero-order chi connectivity index (χ0) is 15.8. The highest BCUT2D eigenvalue weighted by Crippen LogP contribution is 2.26. The Bertz CT molecular complexity index is 651. The molecule has 2 aromatic rings. The van der Waals surface area contributed by atoms with Gasteiger partial charge in [-0.3, -0.25) is 4.79 Å². The van der Waals surface area contributed by atoms with Crippen LogP contribution in [0.1, 0.15) is 11.1 Å². The predicted octanol–water partition coefficient (Wildman–Crippen LogP) is 2.77. The van der Waals surface area contributed by atoms with Gasteiger partial charge in [-0.2, -0.15) is 0 Å².